The molecule has 0 aromatic heterocycles. The monoisotopic (exact) mass is 257 g/mol. The number of rotatable bonds is 5. The number of nitrogens with two attached hydrogens (primary N) is 1. The first-order valence-corrected chi connectivity index (χ1v) is 5.67. The second-order valence-electron chi connectivity index (χ2n) is 3.71. The summed E-state index contributed by atoms with van der Waals surface area (Å²) in [6, 6.07) is 7.76. The van der Waals surface area contributed by atoms with E-state index in [1.165, 1.54) is 5.56 Å². The van der Waals surface area contributed by atoms with Crippen LogP contribution in [0.3, 0.4) is 0 Å². The van der Waals surface area contributed by atoms with E-state index in [0.29, 0.717) is 6.61 Å². The summed E-state index contributed by atoms with van der Waals surface area (Å²) in [6.07, 6.45) is 1.24. The molecule has 0 amide bonds. The molecule has 0 aliphatic rings. The first kappa shape index (κ1) is 15.9. The van der Waals surface area contributed by atoms with Crippen molar-refractivity contribution in [1.29, 1.82) is 0 Å². The highest BCUT2D eigenvalue weighted by Crippen LogP contribution is 2.15. The molecule has 0 radical (unpaired) electrons. The minimum Gasteiger partial charge on any atom is -0.466 e. The van der Waals surface area contributed by atoms with Crippen molar-refractivity contribution in [3.8, 4) is 0 Å². The standard InChI is InChI=1S/C13H19NO2.ClH/c1-3-10-5-7-11(8-6-10)12(14)9-13(15)16-4-2;/h5-8,12H,3-4,9,14H2,1-2H3;1H/t12-;/m0./s1. The van der Waals surface area contributed by atoms with Crippen molar-refractivity contribution in [3.05, 3.63) is 35.4 Å². The van der Waals surface area contributed by atoms with Crippen molar-refractivity contribution >= 4 is 18.4 Å². The second-order valence-corrected chi connectivity index (χ2v) is 3.71. The Morgan fingerprint density at radius 1 is 1.29 bits per heavy atom. The van der Waals surface area contributed by atoms with Gasteiger partial charge >= 0.3 is 5.97 Å². The van der Waals surface area contributed by atoms with Crippen LogP contribution >= 0.6 is 12.4 Å². The predicted molar refractivity (Wildman–Crippen MR) is 71.2 cm³/mol. The smallest absolute Gasteiger partial charge is 0.307 e. The normalized spacial score (nSPS) is 11.5. The first-order valence-electron chi connectivity index (χ1n) is 5.67. The molecule has 0 aliphatic heterocycles. The summed E-state index contributed by atoms with van der Waals surface area (Å²) in [5.74, 6) is -0.241. The first-order chi connectivity index (χ1) is 7.67. The number of hydrogen-bond acceptors (Lipinski definition) is 3. The third-order valence-corrected chi connectivity index (χ3v) is 2.51. The summed E-state index contributed by atoms with van der Waals surface area (Å²) < 4.78 is 4.86. The van der Waals surface area contributed by atoms with Gasteiger partial charge < -0.3 is 10.5 Å². The Morgan fingerprint density at radius 3 is 2.35 bits per heavy atom. The fraction of sp³-hybridized carbons (Fsp3) is 0.462. The minimum atomic E-state index is -0.273. The van der Waals surface area contributed by atoms with Gasteiger partial charge in [-0.05, 0) is 24.5 Å². The summed E-state index contributed by atoms with van der Waals surface area (Å²) in [4.78, 5) is 11.2. The number of aryl methyl sites for hydroxylation is 1. The van der Waals surface area contributed by atoms with E-state index in [1.54, 1.807) is 6.92 Å². The number of benzene rings is 1. The maximum Gasteiger partial charge on any atom is 0.307 e. The van der Waals surface area contributed by atoms with Gasteiger partial charge in [-0.1, -0.05) is 31.2 Å². The molecule has 3 nitrogen and oxygen atoms in total. The highest BCUT2D eigenvalue weighted by molar-refractivity contribution is 5.85. The average Bonchev–Trinajstić information content (AvgIpc) is 2.29. The summed E-state index contributed by atoms with van der Waals surface area (Å²) in [5.41, 5.74) is 8.16. The van der Waals surface area contributed by atoms with Crippen LogP contribution in [-0.4, -0.2) is 12.6 Å². The molecule has 0 unspecified atom stereocenters. The molecule has 1 atom stereocenters. The maximum atomic E-state index is 11.2. The molecular formula is C13H20ClNO2. The highest BCUT2D eigenvalue weighted by Gasteiger charge is 2.11. The van der Waals surface area contributed by atoms with Crippen LogP contribution in [0, 0.1) is 0 Å². The van der Waals surface area contributed by atoms with Crippen LogP contribution in [0.1, 0.15) is 37.4 Å². The van der Waals surface area contributed by atoms with Crippen LogP contribution in [-0.2, 0) is 16.0 Å². The van der Waals surface area contributed by atoms with Crippen molar-refractivity contribution in [2.75, 3.05) is 6.61 Å². The molecule has 4 heteroatoms. The van der Waals surface area contributed by atoms with E-state index in [-0.39, 0.29) is 30.8 Å². The Balaban J connectivity index is 0.00000256. The lowest BCUT2D eigenvalue weighted by Gasteiger charge is -2.11. The van der Waals surface area contributed by atoms with Gasteiger partial charge in [0, 0.05) is 6.04 Å². The van der Waals surface area contributed by atoms with Gasteiger partial charge in [-0.25, -0.2) is 0 Å². The molecule has 0 aliphatic carbocycles. The number of hydrogen-bond donors (Lipinski definition) is 1. The molecule has 0 bridgehead atoms. The molecule has 1 aromatic rings. The van der Waals surface area contributed by atoms with Crippen molar-refractivity contribution in [2.24, 2.45) is 5.73 Å². The van der Waals surface area contributed by atoms with E-state index in [9.17, 15) is 4.79 Å². The molecule has 0 saturated heterocycles. The van der Waals surface area contributed by atoms with Crippen LogP contribution in [0.4, 0.5) is 0 Å². The zero-order chi connectivity index (χ0) is 12.0. The Labute approximate surface area is 109 Å². The van der Waals surface area contributed by atoms with Crippen LogP contribution < -0.4 is 5.73 Å². The topological polar surface area (TPSA) is 52.3 Å². The molecule has 0 fully saturated rings. The number of carbonyl (C=O) groups is 1. The van der Waals surface area contributed by atoms with Gasteiger partial charge in [0.2, 0.25) is 0 Å². The Kier molecular flexibility index (Phi) is 7.59. The van der Waals surface area contributed by atoms with Gasteiger partial charge in [0.1, 0.15) is 0 Å². The maximum absolute atomic E-state index is 11.2. The summed E-state index contributed by atoms with van der Waals surface area (Å²) in [6.45, 7) is 4.30. The lowest BCUT2D eigenvalue weighted by atomic mass is 10.0. The van der Waals surface area contributed by atoms with Crippen LogP contribution in [0.5, 0.6) is 0 Å². The number of esters is 1. The molecule has 96 valence electrons. The summed E-state index contributed by atoms with van der Waals surface area (Å²) in [7, 11) is 0. The molecule has 0 saturated carbocycles. The molecule has 0 heterocycles. The number of halogens is 1. The van der Waals surface area contributed by atoms with Gasteiger partial charge in [0.15, 0.2) is 0 Å². The van der Waals surface area contributed by atoms with Gasteiger partial charge in [-0.3, -0.25) is 4.79 Å². The van der Waals surface area contributed by atoms with Crippen LogP contribution in [0.2, 0.25) is 0 Å². The summed E-state index contributed by atoms with van der Waals surface area (Å²) >= 11 is 0. The van der Waals surface area contributed by atoms with E-state index < -0.39 is 0 Å². The quantitative estimate of drug-likeness (QED) is 0.825. The minimum absolute atomic E-state index is 0. The highest BCUT2D eigenvalue weighted by atomic mass is 35.5. The van der Waals surface area contributed by atoms with E-state index in [0.717, 1.165) is 12.0 Å². The van der Waals surface area contributed by atoms with Crippen LogP contribution in [0.25, 0.3) is 0 Å². The fourth-order valence-corrected chi connectivity index (χ4v) is 1.52. The lowest BCUT2D eigenvalue weighted by molar-refractivity contribution is -0.143. The predicted octanol–water partition coefficient (Wildman–Crippen LogP) is 2.62. The zero-order valence-electron chi connectivity index (χ0n) is 10.3. The van der Waals surface area contributed by atoms with Crippen molar-refractivity contribution in [2.45, 2.75) is 32.7 Å². The number of carbonyl (C=O) groups excluding carboxylic acids is 1. The second kappa shape index (κ2) is 8.09. The lowest BCUT2D eigenvalue weighted by Crippen LogP contribution is -2.17. The third kappa shape index (κ3) is 5.20. The molecule has 17 heavy (non-hydrogen) atoms. The van der Waals surface area contributed by atoms with Gasteiger partial charge in [-0.2, -0.15) is 0 Å². The Bertz CT molecular complexity index is 338. The largest absolute Gasteiger partial charge is 0.466 e. The Hall–Kier alpha value is -1.06. The SMILES string of the molecule is CCOC(=O)C[C@H](N)c1ccc(CC)cc1.Cl. The third-order valence-electron chi connectivity index (χ3n) is 2.51. The van der Waals surface area contributed by atoms with Gasteiger partial charge in [0.05, 0.1) is 13.0 Å². The molecule has 1 aromatic carbocycles. The molecular weight excluding hydrogens is 238 g/mol. The van der Waals surface area contributed by atoms with E-state index in [2.05, 4.69) is 6.92 Å². The van der Waals surface area contributed by atoms with E-state index in [1.807, 2.05) is 24.3 Å². The van der Waals surface area contributed by atoms with Crippen LogP contribution in [0.15, 0.2) is 24.3 Å². The zero-order valence-corrected chi connectivity index (χ0v) is 11.1. The summed E-state index contributed by atoms with van der Waals surface area (Å²) in [5, 5.41) is 0. The molecule has 2 N–H and O–H groups in total. The van der Waals surface area contributed by atoms with Crippen molar-refractivity contribution in [3.63, 3.8) is 0 Å². The van der Waals surface area contributed by atoms with Gasteiger partial charge in [-0.15, -0.1) is 12.4 Å². The van der Waals surface area contributed by atoms with Gasteiger partial charge in [0.25, 0.3) is 0 Å². The fourth-order valence-electron chi connectivity index (χ4n) is 1.52. The van der Waals surface area contributed by atoms with Crippen molar-refractivity contribution < 1.29 is 9.53 Å². The van der Waals surface area contributed by atoms with E-state index in [4.69, 9.17) is 10.5 Å². The molecule has 1 rings (SSSR count). The average molecular weight is 258 g/mol. The molecule has 0 spiro atoms. The van der Waals surface area contributed by atoms with Crippen molar-refractivity contribution in [1.82, 2.24) is 0 Å². The van der Waals surface area contributed by atoms with E-state index >= 15 is 0 Å². The number of ether oxygens (including phenoxy) is 1. The Morgan fingerprint density at radius 2 is 1.88 bits per heavy atom.